The van der Waals surface area contributed by atoms with Gasteiger partial charge in [0.2, 0.25) is 5.95 Å². The maximum atomic E-state index is 5.91. The van der Waals surface area contributed by atoms with Crippen LogP contribution in [0.4, 0.5) is 5.95 Å². The van der Waals surface area contributed by atoms with Gasteiger partial charge in [0.25, 0.3) is 0 Å². The number of nitrogens with one attached hydrogen (secondary N) is 1. The molecule has 0 radical (unpaired) electrons. The summed E-state index contributed by atoms with van der Waals surface area (Å²) in [5, 5.41) is 11.7. The minimum absolute atomic E-state index is 0.297. The van der Waals surface area contributed by atoms with Gasteiger partial charge in [-0.1, -0.05) is 12.1 Å². The van der Waals surface area contributed by atoms with Crippen LogP contribution in [0.3, 0.4) is 0 Å². The molecule has 1 aliphatic carbocycles. The minimum atomic E-state index is 0.297. The summed E-state index contributed by atoms with van der Waals surface area (Å²) in [6, 6.07) is 8.09. The monoisotopic (exact) mass is 234 g/mol. The highest BCUT2D eigenvalue weighted by Gasteiger charge is 2.27. The summed E-state index contributed by atoms with van der Waals surface area (Å²) in [6.45, 7) is 0. The average Bonchev–Trinajstić information content (AvgIpc) is 2.27. The Balaban J connectivity index is 1.82. The van der Waals surface area contributed by atoms with Crippen molar-refractivity contribution in [2.45, 2.75) is 24.3 Å². The van der Waals surface area contributed by atoms with E-state index in [-0.39, 0.29) is 0 Å². The molecule has 0 amide bonds. The Hall–Kier alpha value is -1.42. The van der Waals surface area contributed by atoms with Gasteiger partial charge < -0.3 is 5.32 Å². The van der Waals surface area contributed by atoms with Crippen molar-refractivity contribution in [1.82, 2.24) is 15.2 Å². The molecule has 0 aliphatic heterocycles. The number of para-hydroxylation sites is 1. The smallest absolute Gasteiger partial charge is 0.243 e. The molecule has 4 nitrogen and oxygen atoms in total. The summed E-state index contributed by atoms with van der Waals surface area (Å²) in [5.74, 6) is 0.590. The highest BCUT2D eigenvalue weighted by Crippen LogP contribution is 2.27. The molecule has 1 saturated carbocycles. The zero-order valence-corrected chi connectivity index (χ0v) is 9.35. The standard InChI is InChI=1S/C11H11ClN4/c12-7-5-8(6-7)13-11-14-9-3-1-2-4-10(9)15-16-11/h1-4,7-8H,5-6H2,(H,13,14,16). The molecule has 1 N–H and O–H groups in total. The molecule has 1 aromatic heterocycles. The molecule has 3 rings (SSSR count). The number of nitrogens with zero attached hydrogens (tertiary/aromatic N) is 3. The lowest BCUT2D eigenvalue weighted by atomic mass is 9.93. The summed E-state index contributed by atoms with van der Waals surface area (Å²) in [6.07, 6.45) is 1.94. The maximum Gasteiger partial charge on any atom is 0.243 e. The van der Waals surface area contributed by atoms with E-state index >= 15 is 0 Å². The van der Waals surface area contributed by atoms with Crippen LogP contribution >= 0.6 is 11.6 Å². The quantitative estimate of drug-likeness (QED) is 0.810. The fourth-order valence-electron chi connectivity index (χ4n) is 1.79. The molecule has 5 heteroatoms. The van der Waals surface area contributed by atoms with Crippen LogP contribution in [-0.2, 0) is 0 Å². The van der Waals surface area contributed by atoms with E-state index in [2.05, 4.69) is 20.5 Å². The normalized spacial score (nSPS) is 24.1. The molecule has 2 aromatic rings. The van der Waals surface area contributed by atoms with Crippen molar-refractivity contribution in [1.29, 1.82) is 0 Å². The first-order valence-corrected chi connectivity index (χ1v) is 5.75. The SMILES string of the molecule is ClC1CC(Nc2nnc3ccccc3n2)C1. The first-order chi connectivity index (χ1) is 7.81. The van der Waals surface area contributed by atoms with Crippen LogP contribution in [-0.4, -0.2) is 26.6 Å². The molecule has 1 heterocycles. The predicted octanol–water partition coefficient (Wildman–Crippen LogP) is 2.21. The van der Waals surface area contributed by atoms with E-state index in [1.807, 2.05) is 24.3 Å². The Bertz CT molecular complexity index is 510. The fraction of sp³-hybridized carbons (Fsp3) is 0.364. The molecule has 0 atom stereocenters. The lowest BCUT2D eigenvalue weighted by Crippen LogP contribution is -2.36. The molecule has 82 valence electrons. The van der Waals surface area contributed by atoms with E-state index in [1.54, 1.807) is 0 Å². The first-order valence-electron chi connectivity index (χ1n) is 5.31. The number of hydrogen-bond donors (Lipinski definition) is 1. The number of hydrogen-bond acceptors (Lipinski definition) is 4. The predicted molar refractivity (Wildman–Crippen MR) is 63.6 cm³/mol. The second-order valence-electron chi connectivity index (χ2n) is 4.03. The van der Waals surface area contributed by atoms with E-state index < -0.39 is 0 Å². The zero-order valence-electron chi connectivity index (χ0n) is 8.60. The van der Waals surface area contributed by atoms with Gasteiger partial charge in [-0.05, 0) is 25.0 Å². The van der Waals surface area contributed by atoms with E-state index in [9.17, 15) is 0 Å². The van der Waals surface area contributed by atoms with Crippen LogP contribution in [0.2, 0.25) is 0 Å². The number of fused-ring (bicyclic) bond motifs is 1. The van der Waals surface area contributed by atoms with Crippen molar-refractivity contribution in [3.05, 3.63) is 24.3 Å². The molecule has 16 heavy (non-hydrogen) atoms. The van der Waals surface area contributed by atoms with Crippen LogP contribution < -0.4 is 5.32 Å². The zero-order chi connectivity index (χ0) is 11.0. The third kappa shape index (κ3) is 1.80. The average molecular weight is 235 g/mol. The minimum Gasteiger partial charge on any atom is -0.350 e. The molecule has 0 bridgehead atoms. The highest BCUT2D eigenvalue weighted by molar-refractivity contribution is 6.21. The van der Waals surface area contributed by atoms with Crippen molar-refractivity contribution in [2.75, 3.05) is 5.32 Å². The third-order valence-corrected chi connectivity index (χ3v) is 3.13. The van der Waals surface area contributed by atoms with Gasteiger partial charge in [-0.15, -0.1) is 21.8 Å². The summed E-state index contributed by atoms with van der Waals surface area (Å²) in [4.78, 5) is 4.39. The van der Waals surface area contributed by atoms with Gasteiger partial charge in [-0.3, -0.25) is 0 Å². The van der Waals surface area contributed by atoms with Gasteiger partial charge in [0.05, 0.1) is 5.52 Å². The number of benzene rings is 1. The van der Waals surface area contributed by atoms with Crippen molar-refractivity contribution < 1.29 is 0 Å². The molecular weight excluding hydrogens is 224 g/mol. The summed E-state index contributed by atoms with van der Waals surface area (Å²) >= 11 is 5.91. The number of anilines is 1. The molecule has 0 saturated heterocycles. The Labute approximate surface area is 98.0 Å². The highest BCUT2D eigenvalue weighted by atomic mass is 35.5. The van der Waals surface area contributed by atoms with Crippen molar-refractivity contribution in [3.8, 4) is 0 Å². The topological polar surface area (TPSA) is 50.7 Å². The lowest BCUT2D eigenvalue weighted by molar-refractivity contribution is 0.452. The Kier molecular flexibility index (Phi) is 2.36. The van der Waals surface area contributed by atoms with Crippen LogP contribution in [0.25, 0.3) is 11.0 Å². The summed E-state index contributed by atoms with van der Waals surface area (Å²) in [5.41, 5.74) is 1.68. The van der Waals surface area contributed by atoms with Crippen LogP contribution in [0.1, 0.15) is 12.8 Å². The second-order valence-corrected chi connectivity index (χ2v) is 4.65. The second kappa shape index (κ2) is 3.87. The lowest BCUT2D eigenvalue weighted by Gasteiger charge is -2.31. The summed E-state index contributed by atoms with van der Waals surface area (Å²) < 4.78 is 0. The molecule has 1 fully saturated rings. The van der Waals surface area contributed by atoms with Crippen LogP contribution in [0, 0.1) is 0 Å². The summed E-state index contributed by atoms with van der Waals surface area (Å²) in [7, 11) is 0. The number of alkyl halides is 1. The van der Waals surface area contributed by atoms with Gasteiger partial charge >= 0.3 is 0 Å². The van der Waals surface area contributed by atoms with Crippen LogP contribution in [0.5, 0.6) is 0 Å². The number of rotatable bonds is 2. The van der Waals surface area contributed by atoms with Gasteiger partial charge in [0, 0.05) is 11.4 Å². The van der Waals surface area contributed by atoms with Gasteiger partial charge in [-0.2, -0.15) is 0 Å². The van der Waals surface area contributed by atoms with Crippen LogP contribution in [0.15, 0.2) is 24.3 Å². The third-order valence-electron chi connectivity index (χ3n) is 2.77. The van der Waals surface area contributed by atoms with Gasteiger partial charge in [-0.25, -0.2) is 4.98 Å². The van der Waals surface area contributed by atoms with E-state index in [0.717, 1.165) is 23.9 Å². The van der Waals surface area contributed by atoms with Crippen molar-refractivity contribution in [2.24, 2.45) is 0 Å². The maximum absolute atomic E-state index is 5.91. The fourth-order valence-corrected chi connectivity index (χ4v) is 2.22. The molecule has 1 aliphatic rings. The first kappa shape index (κ1) is 9.78. The molecule has 0 spiro atoms. The van der Waals surface area contributed by atoms with Gasteiger partial charge in [0.1, 0.15) is 5.52 Å². The van der Waals surface area contributed by atoms with Gasteiger partial charge in [0.15, 0.2) is 0 Å². The number of halogens is 1. The van der Waals surface area contributed by atoms with E-state index in [0.29, 0.717) is 17.4 Å². The Morgan fingerprint density at radius 1 is 1.12 bits per heavy atom. The van der Waals surface area contributed by atoms with Crippen molar-refractivity contribution >= 4 is 28.6 Å². The number of aromatic nitrogens is 3. The van der Waals surface area contributed by atoms with E-state index in [1.165, 1.54) is 0 Å². The van der Waals surface area contributed by atoms with E-state index in [4.69, 9.17) is 11.6 Å². The molecule has 0 unspecified atom stereocenters. The molecular formula is C11H11ClN4. The largest absolute Gasteiger partial charge is 0.350 e. The Morgan fingerprint density at radius 2 is 1.88 bits per heavy atom. The Morgan fingerprint density at radius 3 is 2.62 bits per heavy atom. The van der Waals surface area contributed by atoms with Crippen molar-refractivity contribution in [3.63, 3.8) is 0 Å². The molecule has 1 aromatic carbocycles.